The summed E-state index contributed by atoms with van der Waals surface area (Å²) in [6, 6.07) is 16.1. The topological polar surface area (TPSA) is 95.9 Å². The molecule has 7 heteroatoms. The van der Waals surface area contributed by atoms with E-state index in [-0.39, 0.29) is 30.9 Å². The van der Waals surface area contributed by atoms with Crippen LogP contribution >= 0.6 is 0 Å². The summed E-state index contributed by atoms with van der Waals surface area (Å²) in [4.78, 5) is 38.6. The second kappa shape index (κ2) is 9.87. The third kappa shape index (κ3) is 4.39. The van der Waals surface area contributed by atoms with Crippen LogP contribution in [0.3, 0.4) is 0 Å². The van der Waals surface area contributed by atoms with Gasteiger partial charge in [-0.2, -0.15) is 0 Å². The Morgan fingerprint density at radius 2 is 1.74 bits per heavy atom. The Morgan fingerprint density at radius 3 is 2.32 bits per heavy atom. The van der Waals surface area contributed by atoms with Gasteiger partial charge in [0.25, 0.3) is 0 Å². The third-order valence-corrected chi connectivity index (χ3v) is 7.27. The molecular weight excluding hydrogens is 432 g/mol. The molecule has 2 aliphatic rings. The number of carbonyl (C=O) groups is 3. The van der Waals surface area contributed by atoms with Gasteiger partial charge in [-0.3, -0.25) is 4.79 Å². The normalized spacial score (nSPS) is 19.9. The van der Waals surface area contributed by atoms with E-state index in [2.05, 4.69) is 29.6 Å². The Labute approximate surface area is 200 Å². The van der Waals surface area contributed by atoms with Crippen LogP contribution in [0.15, 0.2) is 48.5 Å². The molecule has 1 saturated heterocycles. The molecule has 7 nitrogen and oxygen atoms in total. The Bertz CT molecular complexity index is 1040. The zero-order valence-corrected chi connectivity index (χ0v) is 19.8. The summed E-state index contributed by atoms with van der Waals surface area (Å²) in [7, 11) is 0. The van der Waals surface area contributed by atoms with Gasteiger partial charge in [-0.15, -0.1) is 0 Å². The maximum absolute atomic E-state index is 12.8. The zero-order valence-electron chi connectivity index (χ0n) is 19.8. The number of hydrogen-bond acceptors (Lipinski definition) is 4. The average Bonchev–Trinajstić information content (AvgIpc) is 3.42. The van der Waals surface area contributed by atoms with E-state index in [0.717, 1.165) is 11.1 Å². The number of hydrogen-bond donors (Lipinski definition) is 2. The van der Waals surface area contributed by atoms with Crippen molar-refractivity contribution in [3.63, 3.8) is 0 Å². The fourth-order valence-electron chi connectivity index (χ4n) is 5.37. The number of rotatable bonds is 8. The minimum absolute atomic E-state index is 0.0108. The van der Waals surface area contributed by atoms with Gasteiger partial charge in [-0.05, 0) is 54.9 Å². The van der Waals surface area contributed by atoms with Crippen LogP contribution in [-0.2, 0) is 14.3 Å². The minimum Gasteiger partial charge on any atom is -0.479 e. The molecule has 1 aliphatic heterocycles. The van der Waals surface area contributed by atoms with Gasteiger partial charge >= 0.3 is 12.1 Å². The van der Waals surface area contributed by atoms with Crippen molar-refractivity contribution in [3.05, 3.63) is 59.7 Å². The second-order valence-corrected chi connectivity index (χ2v) is 9.25. The van der Waals surface area contributed by atoms with E-state index in [0.29, 0.717) is 32.2 Å². The molecule has 2 amide bonds. The van der Waals surface area contributed by atoms with E-state index >= 15 is 0 Å². The van der Waals surface area contributed by atoms with Crippen LogP contribution in [0, 0.1) is 0 Å². The molecule has 2 unspecified atom stereocenters. The van der Waals surface area contributed by atoms with Crippen molar-refractivity contribution in [3.8, 4) is 11.1 Å². The van der Waals surface area contributed by atoms with Crippen molar-refractivity contribution in [2.45, 2.75) is 63.5 Å². The van der Waals surface area contributed by atoms with Crippen molar-refractivity contribution in [2.75, 3.05) is 13.2 Å². The van der Waals surface area contributed by atoms with Crippen molar-refractivity contribution in [1.29, 1.82) is 0 Å². The quantitative estimate of drug-likeness (QED) is 0.598. The molecule has 0 aromatic heterocycles. The van der Waals surface area contributed by atoms with Gasteiger partial charge in [0.2, 0.25) is 5.91 Å². The number of likely N-dealkylation sites (tertiary alicyclic amines) is 1. The van der Waals surface area contributed by atoms with Gasteiger partial charge in [0, 0.05) is 24.9 Å². The van der Waals surface area contributed by atoms with E-state index in [1.54, 1.807) is 6.92 Å². The van der Waals surface area contributed by atoms with Crippen LogP contribution in [0.5, 0.6) is 0 Å². The molecule has 4 rings (SSSR count). The standard InChI is InChI=1S/C27H32N2O5/c1-3-27(25(31)32)15-8-16-29(27)24(30)14-13-18(2)28-26(33)34-17-23-21-11-6-4-9-19(21)20-10-5-7-12-22(20)23/h4-7,9-12,18,23H,3,8,13-17H2,1-2H3,(H,28,33)(H,31,32). The Balaban J connectivity index is 1.29. The molecule has 2 atom stereocenters. The van der Waals surface area contributed by atoms with Gasteiger partial charge in [-0.25, -0.2) is 9.59 Å². The number of carboxylic acid groups (broad SMARTS) is 1. The van der Waals surface area contributed by atoms with E-state index in [9.17, 15) is 19.5 Å². The Kier molecular flexibility index (Phi) is 6.91. The second-order valence-electron chi connectivity index (χ2n) is 9.25. The SMILES string of the molecule is CCC1(C(=O)O)CCCN1C(=O)CCC(C)NC(=O)OCC1c2ccccc2-c2ccccc21. The highest BCUT2D eigenvalue weighted by molar-refractivity contribution is 5.87. The van der Waals surface area contributed by atoms with Crippen molar-refractivity contribution >= 4 is 18.0 Å². The first-order chi connectivity index (χ1) is 16.4. The number of nitrogens with one attached hydrogen (secondary N) is 1. The van der Waals surface area contributed by atoms with E-state index in [1.165, 1.54) is 16.0 Å². The molecule has 0 radical (unpaired) electrons. The number of nitrogens with zero attached hydrogens (tertiary/aromatic N) is 1. The Morgan fingerprint density at radius 1 is 1.12 bits per heavy atom. The van der Waals surface area contributed by atoms with Gasteiger partial charge < -0.3 is 20.1 Å². The van der Waals surface area contributed by atoms with Crippen LogP contribution in [0.2, 0.25) is 0 Å². The molecule has 0 spiro atoms. The number of carbonyl (C=O) groups excluding carboxylic acids is 2. The van der Waals surface area contributed by atoms with Gasteiger partial charge in [0.1, 0.15) is 12.1 Å². The summed E-state index contributed by atoms with van der Waals surface area (Å²) < 4.78 is 5.58. The smallest absolute Gasteiger partial charge is 0.407 e. The first kappa shape index (κ1) is 23.8. The molecule has 34 heavy (non-hydrogen) atoms. The lowest BCUT2D eigenvalue weighted by molar-refractivity contribution is -0.156. The van der Waals surface area contributed by atoms with E-state index in [1.807, 2.05) is 31.2 Å². The van der Waals surface area contributed by atoms with E-state index in [4.69, 9.17) is 4.74 Å². The summed E-state index contributed by atoms with van der Waals surface area (Å²) in [5, 5.41) is 12.5. The first-order valence-electron chi connectivity index (χ1n) is 12.0. The lowest BCUT2D eigenvalue weighted by Gasteiger charge is -2.34. The molecule has 0 bridgehead atoms. The predicted octanol–water partition coefficient (Wildman–Crippen LogP) is 4.55. The number of alkyl carbamates (subject to hydrolysis) is 1. The van der Waals surface area contributed by atoms with Crippen LogP contribution in [0.4, 0.5) is 4.79 Å². The fraction of sp³-hybridized carbons (Fsp3) is 0.444. The minimum atomic E-state index is -1.10. The summed E-state index contributed by atoms with van der Waals surface area (Å²) >= 11 is 0. The number of benzene rings is 2. The van der Waals surface area contributed by atoms with Gasteiger partial charge in [0.15, 0.2) is 0 Å². The molecule has 2 N–H and O–H groups in total. The molecule has 2 aromatic rings. The van der Waals surface area contributed by atoms with Crippen LogP contribution in [0.1, 0.15) is 63.0 Å². The summed E-state index contributed by atoms with van der Waals surface area (Å²) in [5.74, 6) is -1.13. The highest BCUT2D eigenvalue weighted by Gasteiger charge is 2.48. The van der Waals surface area contributed by atoms with Crippen molar-refractivity contribution in [1.82, 2.24) is 10.2 Å². The molecule has 2 aromatic carbocycles. The molecule has 1 fully saturated rings. The van der Waals surface area contributed by atoms with Crippen molar-refractivity contribution in [2.24, 2.45) is 0 Å². The summed E-state index contributed by atoms with van der Waals surface area (Å²) in [6.45, 7) is 4.33. The lowest BCUT2D eigenvalue weighted by atomic mass is 9.92. The molecule has 0 saturated carbocycles. The average molecular weight is 465 g/mol. The first-order valence-corrected chi connectivity index (χ1v) is 12.0. The highest BCUT2D eigenvalue weighted by atomic mass is 16.5. The van der Waals surface area contributed by atoms with Gasteiger partial charge in [0.05, 0.1) is 0 Å². The predicted molar refractivity (Wildman–Crippen MR) is 129 cm³/mol. The number of amides is 2. The third-order valence-electron chi connectivity index (χ3n) is 7.27. The van der Waals surface area contributed by atoms with Crippen LogP contribution in [-0.4, -0.2) is 52.7 Å². The van der Waals surface area contributed by atoms with Crippen LogP contribution < -0.4 is 5.32 Å². The maximum atomic E-state index is 12.8. The largest absolute Gasteiger partial charge is 0.479 e. The zero-order chi connectivity index (χ0) is 24.3. The van der Waals surface area contributed by atoms with E-state index < -0.39 is 17.6 Å². The monoisotopic (exact) mass is 464 g/mol. The summed E-state index contributed by atoms with van der Waals surface area (Å²) in [5.41, 5.74) is 3.55. The highest BCUT2D eigenvalue weighted by Crippen LogP contribution is 2.44. The number of ether oxygens (including phenoxy) is 1. The Hall–Kier alpha value is -3.35. The summed E-state index contributed by atoms with van der Waals surface area (Å²) in [6.07, 6.45) is 1.65. The molecule has 1 aliphatic carbocycles. The van der Waals surface area contributed by atoms with Crippen molar-refractivity contribution < 1.29 is 24.2 Å². The number of aliphatic carboxylic acids is 1. The molecule has 1 heterocycles. The number of carboxylic acids is 1. The lowest BCUT2D eigenvalue weighted by Crippen LogP contribution is -2.52. The van der Waals surface area contributed by atoms with Crippen LogP contribution in [0.25, 0.3) is 11.1 Å². The maximum Gasteiger partial charge on any atom is 0.407 e. The number of fused-ring (bicyclic) bond motifs is 3. The fourth-order valence-corrected chi connectivity index (χ4v) is 5.37. The molecule has 180 valence electrons. The molecular formula is C27H32N2O5. The van der Waals surface area contributed by atoms with Gasteiger partial charge in [-0.1, -0.05) is 55.5 Å².